The third-order valence-corrected chi connectivity index (χ3v) is 3.99. The zero-order valence-electron chi connectivity index (χ0n) is 14.8. The lowest BCUT2D eigenvalue weighted by Crippen LogP contribution is -2.14. The highest BCUT2D eigenvalue weighted by Crippen LogP contribution is 2.16. The smallest absolute Gasteiger partial charge is 0.303 e. The summed E-state index contributed by atoms with van der Waals surface area (Å²) in [6, 6.07) is 12.3. The third kappa shape index (κ3) is 5.73. The van der Waals surface area contributed by atoms with E-state index in [-0.39, 0.29) is 31.1 Å². The lowest BCUT2D eigenvalue weighted by molar-refractivity contribution is -0.137. The number of hydrogen-bond acceptors (Lipinski definition) is 3. The molecule has 0 aliphatic rings. The summed E-state index contributed by atoms with van der Waals surface area (Å²) < 4.78 is 0. The molecule has 3 N–H and O–H groups in total. The van der Waals surface area contributed by atoms with Crippen LogP contribution in [0.2, 0.25) is 0 Å². The Morgan fingerprint density at radius 3 is 2.12 bits per heavy atom. The fourth-order valence-corrected chi connectivity index (χ4v) is 2.35. The Morgan fingerprint density at radius 1 is 0.846 bits per heavy atom. The molecule has 0 aliphatic carbocycles. The second kappa shape index (κ2) is 8.80. The Kier molecular flexibility index (Phi) is 6.49. The predicted octanol–water partition coefficient (Wildman–Crippen LogP) is 3.75. The summed E-state index contributed by atoms with van der Waals surface area (Å²) >= 11 is 0. The molecule has 0 bridgehead atoms. The molecular formula is C20H22N2O4. The maximum absolute atomic E-state index is 12.3. The molecule has 2 amide bonds. The SMILES string of the molecule is Cc1ccc(NC(=O)c2ccc(NC(=O)CCCC(=O)O)cc2)cc1C. The van der Waals surface area contributed by atoms with Crippen LogP contribution in [-0.4, -0.2) is 22.9 Å². The van der Waals surface area contributed by atoms with Crippen molar-refractivity contribution in [2.45, 2.75) is 33.1 Å². The van der Waals surface area contributed by atoms with E-state index in [0.29, 0.717) is 11.3 Å². The lowest BCUT2D eigenvalue weighted by Gasteiger charge is -2.09. The first-order chi connectivity index (χ1) is 12.3. The Morgan fingerprint density at radius 2 is 1.50 bits per heavy atom. The Labute approximate surface area is 152 Å². The minimum Gasteiger partial charge on any atom is -0.481 e. The van der Waals surface area contributed by atoms with Crippen molar-refractivity contribution in [2.24, 2.45) is 0 Å². The number of aryl methyl sites for hydroxylation is 2. The number of nitrogens with one attached hydrogen (secondary N) is 2. The van der Waals surface area contributed by atoms with E-state index in [1.165, 1.54) is 0 Å². The number of amides is 2. The van der Waals surface area contributed by atoms with Crippen LogP contribution in [0.15, 0.2) is 42.5 Å². The van der Waals surface area contributed by atoms with Gasteiger partial charge in [0.25, 0.3) is 5.91 Å². The molecule has 0 spiro atoms. The molecule has 2 rings (SSSR count). The summed E-state index contributed by atoms with van der Waals surface area (Å²) in [7, 11) is 0. The van der Waals surface area contributed by atoms with Crippen LogP contribution in [0.3, 0.4) is 0 Å². The minimum absolute atomic E-state index is 0.0367. The van der Waals surface area contributed by atoms with Crippen LogP contribution in [-0.2, 0) is 9.59 Å². The van der Waals surface area contributed by atoms with Gasteiger partial charge >= 0.3 is 5.97 Å². The Hall–Kier alpha value is -3.15. The molecular weight excluding hydrogens is 332 g/mol. The van der Waals surface area contributed by atoms with Crippen LogP contribution >= 0.6 is 0 Å². The van der Waals surface area contributed by atoms with Crippen molar-refractivity contribution in [3.8, 4) is 0 Å². The van der Waals surface area contributed by atoms with Gasteiger partial charge in [0.2, 0.25) is 5.91 Å². The number of rotatable bonds is 7. The van der Waals surface area contributed by atoms with Crippen molar-refractivity contribution >= 4 is 29.2 Å². The number of carbonyl (C=O) groups is 3. The first-order valence-corrected chi connectivity index (χ1v) is 8.35. The van der Waals surface area contributed by atoms with Crippen LogP contribution < -0.4 is 10.6 Å². The van der Waals surface area contributed by atoms with E-state index in [9.17, 15) is 14.4 Å². The largest absolute Gasteiger partial charge is 0.481 e. The zero-order valence-corrected chi connectivity index (χ0v) is 14.8. The summed E-state index contributed by atoms with van der Waals surface area (Å²) in [5.41, 5.74) is 4.03. The van der Waals surface area contributed by atoms with Gasteiger partial charge in [0.1, 0.15) is 0 Å². The molecule has 0 fully saturated rings. The van der Waals surface area contributed by atoms with Crippen molar-refractivity contribution in [1.29, 1.82) is 0 Å². The molecule has 0 saturated heterocycles. The highest BCUT2D eigenvalue weighted by Gasteiger charge is 2.08. The molecule has 136 valence electrons. The molecule has 26 heavy (non-hydrogen) atoms. The lowest BCUT2D eigenvalue weighted by atomic mass is 10.1. The Bertz CT molecular complexity index is 813. The molecule has 0 aromatic heterocycles. The molecule has 6 nitrogen and oxygen atoms in total. The second-order valence-electron chi connectivity index (χ2n) is 6.13. The maximum atomic E-state index is 12.3. The number of carbonyl (C=O) groups excluding carboxylic acids is 2. The first-order valence-electron chi connectivity index (χ1n) is 8.35. The predicted molar refractivity (Wildman–Crippen MR) is 100 cm³/mol. The molecule has 2 aromatic rings. The molecule has 6 heteroatoms. The van der Waals surface area contributed by atoms with E-state index >= 15 is 0 Å². The molecule has 0 heterocycles. The topological polar surface area (TPSA) is 95.5 Å². The van der Waals surface area contributed by atoms with E-state index in [2.05, 4.69) is 10.6 Å². The van der Waals surface area contributed by atoms with Crippen LogP contribution in [0.25, 0.3) is 0 Å². The summed E-state index contributed by atoms with van der Waals surface area (Å²) in [5, 5.41) is 14.1. The second-order valence-corrected chi connectivity index (χ2v) is 6.13. The van der Waals surface area contributed by atoms with Gasteiger partial charge in [0.15, 0.2) is 0 Å². The fourth-order valence-electron chi connectivity index (χ4n) is 2.35. The number of carboxylic acids is 1. The van der Waals surface area contributed by atoms with Gasteiger partial charge in [-0.3, -0.25) is 14.4 Å². The van der Waals surface area contributed by atoms with E-state index in [0.717, 1.165) is 16.8 Å². The van der Waals surface area contributed by atoms with Crippen molar-refractivity contribution < 1.29 is 19.5 Å². The van der Waals surface area contributed by atoms with Crippen molar-refractivity contribution in [1.82, 2.24) is 0 Å². The van der Waals surface area contributed by atoms with Gasteiger partial charge < -0.3 is 15.7 Å². The zero-order chi connectivity index (χ0) is 19.1. The van der Waals surface area contributed by atoms with E-state index in [1.54, 1.807) is 24.3 Å². The van der Waals surface area contributed by atoms with Gasteiger partial charge in [-0.2, -0.15) is 0 Å². The quantitative estimate of drug-likeness (QED) is 0.705. The van der Waals surface area contributed by atoms with Crippen LogP contribution in [0, 0.1) is 13.8 Å². The fraction of sp³-hybridized carbons (Fsp3) is 0.250. The van der Waals surface area contributed by atoms with Gasteiger partial charge in [-0.1, -0.05) is 6.07 Å². The third-order valence-electron chi connectivity index (χ3n) is 3.99. The molecule has 0 saturated carbocycles. The molecule has 0 aliphatic heterocycles. The van der Waals surface area contributed by atoms with Gasteiger partial charge in [0.05, 0.1) is 0 Å². The van der Waals surface area contributed by atoms with Gasteiger partial charge in [0, 0.05) is 29.8 Å². The number of aliphatic carboxylic acids is 1. The monoisotopic (exact) mass is 354 g/mol. The van der Waals surface area contributed by atoms with Crippen LogP contribution in [0.4, 0.5) is 11.4 Å². The molecule has 0 unspecified atom stereocenters. The molecule has 2 aromatic carbocycles. The summed E-state index contributed by atoms with van der Waals surface area (Å²) in [4.78, 5) is 34.5. The maximum Gasteiger partial charge on any atom is 0.303 e. The standard InChI is InChI=1S/C20H22N2O4/c1-13-6-9-17(12-14(13)2)22-20(26)15-7-10-16(11-8-15)21-18(23)4-3-5-19(24)25/h6-12H,3-5H2,1-2H3,(H,21,23)(H,22,26)(H,24,25). The normalized spacial score (nSPS) is 10.2. The van der Waals surface area contributed by atoms with Crippen molar-refractivity contribution in [3.05, 3.63) is 59.2 Å². The summed E-state index contributed by atoms with van der Waals surface area (Å²) in [6.45, 7) is 3.99. The molecule has 0 atom stereocenters. The number of carboxylic acid groups (broad SMARTS) is 1. The highest BCUT2D eigenvalue weighted by atomic mass is 16.4. The van der Waals surface area contributed by atoms with Gasteiger partial charge in [-0.05, 0) is 67.8 Å². The van der Waals surface area contributed by atoms with E-state index in [4.69, 9.17) is 5.11 Å². The van der Waals surface area contributed by atoms with Crippen LogP contribution in [0.1, 0.15) is 40.7 Å². The summed E-state index contributed by atoms with van der Waals surface area (Å²) in [6.07, 6.45) is 0.393. The Balaban J connectivity index is 1.91. The van der Waals surface area contributed by atoms with E-state index < -0.39 is 5.97 Å². The minimum atomic E-state index is -0.920. The van der Waals surface area contributed by atoms with Gasteiger partial charge in [-0.25, -0.2) is 0 Å². The number of anilines is 2. The first kappa shape index (κ1) is 19.2. The average Bonchev–Trinajstić information content (AvgIpc) is 2.58. The van der Waals surface area contributed by atoms with Gasteiger partial charge in [-0.15, -0.1) is 0 Å². The highest BCUT2D eigenvalue weighted by molar-refractivity contribution is 6.04. The number of benzene rings is 2. The van der Waals surface area contributed by atoms with E-state index in [1.807, 2.05) is 32.0 Å². The molecule has 0 radical (unpaired) electrons. The number of hydrogen-bond donors (Lipinski definition) is 3. The van der Waals surface area contributed by atoms with Crippen LogP contribution in [0.5, 0.6) is 0 Å². The van der Waals surface area contributed by atoms with Crippen molar-refractivity contribution in [2.75, 3.05) is 10.6 Å². The summed E-state index contributed by atoms with van der Waals surface area (Å²) in [5.74, 6) is -1.40. The van der Waals surface area contributed by atoms with Crippen molar-refractivity contribution in [3.63, 3.8) is 0 Å². The average molecular weight is 354 g/mol.